The van der Waals surface area contributed by atoms with Crippen LogP contribution >= 0.6 is 0 Å². The van der Waals surface area contributed by atoms with Crippen molar-refractivity contribution in [2.75, 3.05) is 47.0 Å². The number of piperazine rings is 1. The number of nitrogens with one attached hydrogen (secondary N) is 1. The van der Waals surface area contributed by atoms with Gasteiger partial charge in [-0.1, -0.05) is 26.0 Å². The first kappa shape index (κ1) is 22.0. The Labute approximate surface area is 179 Å². The van der Waals surface area contributed by atoms with Crippen molar-refractivity contribution < 1.29 is 23.9 Å². The number of rotatable bonds is 8. The summed E-state index contributed by atoms with van der Waals surface area (Å²) >= 11 is 0. The molecule has 6 heteroatoms. The zero-order valence-corrected chi connectivity index (χ0v) is 18.4. The molecule has 0 aliphatic carbocycles. The maximum atomic E-state index is 12.5. The van der Waals surface area contributed by atoms with Gasteiger partial charge in [0.05, 0.1) is 40.4 Å². The molecule has 2 aromatic carbocycles. The molecule has 0 unspecified atom stereocenters. The molecule has 2 aromatic rings. The van der Waals surface area contributed by atoms with Crippen molar-refractivity contribution in [3.63, 3.8) is 0 Å². The molecule has 0 saturated carbocycles. The van der Waals surface area contributed by atoms with Gasteiger partial charge < -0.3 is 24.0 Å². The topological polar surface area (TPSA) is 52.4 Å². The first-order valence-electron chi connectivity index (χ1n) is 10.5. The van der Waals surface area contributed by atoms with Crippen LogP contribution in [-0.4, -0.2) is 57.8 Å². The van der Waals surface area contributed by atoms with Crippen molar-refractivity contribution in [3.05, 3.63) is 53.6 Å². The number of quaternary nitrogens is 1. The fraction of sp³-hybridized carbons (Fsp3) is 0.458. The molecule has 1 N–H and O–H groups in total. The Bertz CT molecular complexity index is 828. The van der Waals surface area contributed by atoms with E-state index in [4.69, 9.17) is 14.2 Å². The quantitative estimate of drug-likeness (QED) is 0.721. The van der Waals surface area contributed by atoms with E-state index in [1.165, 1.54) is 16.0 Å². The highest BCUT2D eigenvalue weighted by Crippen LogP contribution is 2.27. The normalized spacial score (nSPS) is 14.6. The lowest BCUT2D eigenvalue weighted by Gasteiger charge is -2.32. The highest BCUT2D eigenvalue weighted by molar-refractivity contribution is 5.77. The minimum absolute atomic E-state index is 0.0492. The average molecular weight is 414 g/mol. The standard InChI is InChI=1S/C24H32N2O4/c1-18(2)20-6-8-21(9-7-20)30-17-24(27)26-13-11-25(12-14-26)16-19-5-10-22(28-3)23(15-19)29-4/h5-10,15,18H,11-14,16-17H2,1-4H3/p+1. The molecule has 1 heterocycles. The van der Waals surface area contributed by atoms with Gasteiger partial charge in [0.1, 0.15) is 12.3 Å². The molecule has 1 fully saturated rings. The maximum Gasteiger partial charge on any atom is 0.260 e. The Morgan fingerprint density at radius 3 is 2.27 bits per heavy atom. The molecule has 0 atom stereocenters. The van der Waals surface area contributed by atoms with E-state index in [0.29, 0.717) is 5.92 Å². The van der Waals surface area contributed by atoms with Crippen molar-refractivity contribution in [1.29, 1.82) is 0 Å². The van der Waals surface area contributed by atoms with Crippen LogP contribution in [0.4, 0.5) is 0 Å². The maximum absolute atomic E-state index is 12.5. The average Bonchev–Trinajstić information content (AvgIpc) is 2.78. The Morgan fingerprint density at radius 1 is 1.00 bits per heavy atom. The van der Waals surface area contributed by atoms with Crippen LogP contribution in [0.3, 0.4) is 0 Å². The van der Waals surface area contributed by atoms with Gasteiger partial charge in [-0.05, 0) is 41.8 Å². The summed E-state index contributed by atoms with van der Waals surface area (Å²) in [5, 5.41) is 0. The molecule has 3 rings (SSSR count). The lowest BCUT2D eigenvalue weighted by atomic mass is 10.0. The van der Waals surface area contributed by atoms with Gasteiger partial charge in [0.2, 0.25) is 0 Å². The van der Waals surface area contributed by atoms with Crippen LogP contribution in [0.5, 0.6) is 17.2 Å². The molecule has 1 amide bonds. The zero-order chi connectivity index (χ0) is 21.5. The predicted octanol–water partition coefficient (Wildman–Crippen LogP) is 2.13. The number of hydrogen-bond acceptors (Lipinski definition) is 4. The monoisotopic (exact) mass is 413 g/mol. The molecule has 1 aliphatic rings. The third-order valence-corrected chi connectivity index (χ3v) is 5.63. The summed E-state index contributed by atoms with van der Waals surface area (Å²) in [5.74, 6) is 2.77. The van der Waals surface area contributed by atoms with Crippen molar-refractivity contribution in [3.8, 4) is 17.2 Å². The molecular weight excluding hydrogens is 380 g/mol. The van der Waals surface area contributed by atoms with E-state index in [9.17, 15) is 4.79 Å². The number of benzene rings is 2. The molecule has 1 aliphatic heterocycles. The largest absolute Gasteiger partial charge is 0.493 e. The second kappa shape index (κ2) is 10.3. The summed E-state index contributed by atoms with van der Waals surface area (Å²) < 4.78 is 16.4. The first-order chi connectivity index (χ1) is 14.5. The van der Waals surface area contributed by atoms with E-state index in [1.54, 1.807) is 14.2 Å². The molecule has 6 nitrogen and oxygen atoms in total. The van der Waals surface area contributed by atoms with Gasteiger partial charge in [0, 0.05) is 5.56 Å². The van der Waals surface area contributed by atoms with E-state index in [1.807, 2.05) is 29.2 Å². The molecule has 0 spiro atoms. The van der Waals surface area contributed by atoms with Crippen molar-refractivity contribution >= 4 is 5.91 Å². The summed E-state index contributed by atoms with van der Waals surface area (Å²) in [6, 6.07) is 14.0. The smallest absolute Gasteiger partial charge is 0.260 e. The van der Waals surface area contributed by atoms with Crippen molar-refractivity contribution in [2.45, 2.75) is 26.3 Å². The van der Waals surface area contributed by atoms with E-state index in [0.717, 1.165) is 50.0 Å². The summed E-state index contributed by atoms with van der Waals surface area (Å²) in [6.45, 7) is 8.64. The van der Waals surface area contributed by atoms with Crippen LogP contribution in [0.25, 0.3) is 0 Å². The van der Waals surface area contributed by atoms with Gasteiger partial charge in [-0.25, -0.2) is 0 Å². The van der Waals surface area contributed by atoms with Gasteiger partial charge in [-0.3, -0.25) is 4.79 Å². The van der Waals surface area contributed by atoms with Gasteiger partial charge in [-0.2, -0.15) is 0 Å². The van der Waals surface area contributed by atoms with Crippen molar-refractivity contribution in [2.24, 2.45) is 0 Å². The predicted molar refractivity (Wildman–Crippen MR) is 117 cm³/mol. The van der Waals surface area contributed by atoms with Crippen LogP contribution in [0.2, 0.25) is 0 Å². The minimum Gasteiger partial charge on any atom is -0.493 e. The van der Waals surface area contributed by atoms with Crippen LogP contribution in [0.1, 0.15) is 30.9 Å². The van der Waals surface area contributed by atoms with Crippen LogP contribution in [0.15, 0.2) is 42.5 Å². The second-order valence-electron chi connectivity index (χ2n) is 8.01. The highest BCUT2D eigenvalue weighted by atomic mass is 16.5. The molecule has 162 valence electrons. The lowest BCUT2D eigenvalue weighted by molar-refractivity contribution is -0.917. The fourth-order valence-electron chi connectivity index (χ4n) is 3.71. The van der Waals surface area contributed by atoms with Gasteiger partial charge in [0.25, 0.3) is 5.91 Å². The molecule has 0 bridgehead atoms. The summed E-state index contributed by atoms with van der Waals surface area (Å²) in [6.07, 6.45) is 0. The van der Waals surface area contributed by atoms with Gasteiger partial charge in [0.15, 0.2) is 18.1 Å². The molecule has 1 saturated heterocycles. The molecule has 0 aromatic heterocycles. The number of ether oxygens (including phenoxy) is 3. The number of amides is 1. The highest BCUT2D eigenvalue weighted by Gasteiger charge is 2.24. The number of nitrogens with zero attached hydrogens (tertiary/aromatic N) is 1. The van der Waals surface area contributed by atoms with E-state index < -0.39 is 0 Å². The Morgan fingerprint density at radius 2 is 1.67 bits per heavy atom. The lowest BCUT2D eigenvalue weighted by Crippen LogP contribution is -3.13. The summed E-state index contributed by atoms with van der Waals surface area (Å²) in [4.78, 5) is 15.9. The second-order valence-corrected chi connectivity index (χ2v) is 8.01. The van der Waals surface area contributed by atoms with E-state index in [2.05, 4.69) is 32.0 Å². The minimum atomic E-state index is 0.0492. The van der Waals surface area contributed by atoms with Crippen LogP contribution < -0.4 is 19.1 Å². The SMILES string of the molecule is COc1ccc(C[NH+]2CCN(C(=O)COc3ccc(C(C)C)cc3)CC2)cc1OC. The van der Waals surface area contributed by atoms with E-state index in [-0.39, 0.29) is 12.5 Å². The third kappa shape index (κ3) is 5.66. The first-order valence-corrected chi connectivity index (χ1v) is 10.5. The summed E-state index contributed by atoms with van der Waals surface area (Å²) in [5.41, 5.74) is 2.47. The number of methoxy groups -OCH3 is 2. The fourth-order valence-corrected chi connectivity index (χ4v) is 3.71. The van der Waals surface area contributed by atoms with Gasteiger partial charge >= 0.3 is 0 Å². The zero-order valence-electron chi connectivity index (χ0n) is 18.4. The molecular formula is C24H33N2O4+. The molecule has 30 heavy (non-hydrogen) atoms. The Balaban J connectivity index is 1.45. The number of carbonyl (C=O) groups excluding carboxylic acids is 1. The van der Waals surface area contributed by atoms with Crippen molar-refractivity contribution in [1.82, 2.24) is 4.90 Å². The Hall–Kier alpha value is -2.73. The third-order valence-electron chi connectivity index (χ3n) is 5.63. The van der Waals surface area contributed by atoms with Crippen LogP contribution in [-0.2, 0) is 11.3 Å². The number of hydrogen-bond donors (Lipinski definition) is 1. The van der Waals surface area contributed by atoms with Gasteiger partial charge in [-0.15, -0.1) is 0 Å². The molecule has 0 radical (unpaired) electrons. The number of carbonyl (C=O) groups is 1. The van der Waals surface area contributed by atoms with E-state index >= 15 is 0 Å². The summed E-state index contributed by atoms with van der Waals surface area (Å²) in [7, 11) is 3.29. The Kier molecular flexibility index (Phi) is 7.57. The van der Waals surface area contributed by atoms with Crippen LogP contribution in [0, 0.1) is 0 Å².